The van der Waals surface area contributed by atoms with Crippen LogP contribution in [0.25, 0.3) is 17.0 Å². The summed E-state index contributed by atoms with van der Waals surface area (Å²) in [4.78, 5) is 24.4. The van der Waals surface area contributed by atoms with Gasteiger partial charge in [0.2, 0.25) is 5.78 Å². The van der Waals surface area contributed by atoms with Crippen LogP contribution in [0.15, 0.2) is 54.4 Å². The number of carbonyl (C=O) groups excluding carboxylic acids is 2. The summed E-state index contributed by atoms with van der Waals surface area (Å²) in [6, 6.07) is 12.9. The number of ether oxygens (including phenoxy) is 3. The van der Waals surface area contributed by atoms with Crippen molar-refractivity contribution in [2.75, 3.05) is 6.61 Å². The number of allylic oxidation sites excluding steroid dienone is 1. The lowest BCUT2D eigenvalue weighted by Gasteiger charge is -2.09. The minimum Gasteiger partial charge on any atom is -0.482 e. The number of benzene rings is 2. The van der Waals surface area contributed by atoms with Gasteiger partial charge in [-0.2, -0.15) is 0 Å². The van der Waals surface area contributed by atoms with E-state index in [9.17, 15) is 9.59 Å². The van der Waals surface area contributed by atoms with Gasteiger partial charge in [0.15, 0.2) is 12.4 Å². The molecule has 0 saturated heterocycles. The molecular formula is C23H21NO5. The third kappa shape index (κ3) is 3.74. The molecule has 6 nitrogen and oxygen atoms in total. The van der Waals surface area contributed by atoms with Gasteiger partial charge in [-0.05, 0) is 38.1 Å². The van der Waals surface area contributed by atoms with E-state index in [-0.39, 0.29) is 24.3 Å². The number of nitrogens with zero attached hydrogens (tertiary/aromatic N) is 1. The number of carbonyl (C=O) groups is 2. The Balaban J connectivity index is 1.55. The Labute approximate surface area is 168 Å². The number of Topliss-reactive ketones (excluding diaryl/α,β-unsaturated/α-hetero) is 1. The van der Waals surface area contributed by atoms with Gasteiger partial charge in [-0.25, -0.2) is 4.79 Å². The fourth-order valence-corrected chi connectivity index (χ4v) is 3.33. The molecule has 0 radical (unpaired) electrons. The molecular weight excluding hydrogens is 370 g/mol. The van der Waals surface area contributed by atoms with Gasteiger partial charge >= 0.3 is 5.97 Å². The topological polar surface area (TPSA) is 66.8 Å². The fourth-order valence-electron chi connectivity index (χ4n) is 3.33. The van der Waals surface area contributed by atoms with Crippen LogP contribution in [0.3, 0.4) is 0 Å². The maximum Gasteiger partial charge on any atom is 0.344 e. The average molecular weight is 391 g/mol. The summed E-state index contributed by atoms with van der Waals surface area (Å²) in [6.45, 7) is 3.34. The van der Waals surface area contributed by atoms with Gasteiger partial charge in [0.05, 0.1) is 11.7 Å². The van der Waals surface area contributed by atoms with E-state index in [1.54, 1.807) is 38.1 Å². The molecule has 1 aliphatic heterocycles. The molecule has 0 aliphatic carbocycles. The first-order chi connectivity index (χ1) is 13.9. The number of para-hydroxylation sites is 1. The SMILES string of the molecule is CC(C)OC(=O)COc1ccc2c(c1)O/C(=C\c1cn(C)c3ccccc13)C2=O. The molecule has 29 heavy (non-hydrogen) atoms. The number of hydrogen-bond donors (Lipinski definition) is 0. The predicted octanol–water partition coefficient (Wildman–Crippen LogP) is 4.12. The molecule has 148 valence electrons. The highest BCUT2D eigenvalue weighted by atomic mass is 16.6. The van der Waals surface area contributed by atoms with Crippen molar-refractivity contribution in [3.05, 3.63) is 65.5 Å². The zero-order valence-electron chi connectivity index (χ0n) is 16.5. The molecule has 0 saturated carbocycles. The highest BCUT2D eigenvalue weighted by Crippen LogP contribution is 2.35. The van der Waals surface area contributed by atoms with Gasteiger partial charge in [0, 0.05) is 35.8 Å². The van der Waals surface area contributed by atoms with E-state index >= 15 is 0 Å². The van der Waals surface area contributed by atoms with Gasteiger partial charge in [-0.3, -0.25) is 4.79 Å². The van der Waals surface area contributed by atoms with Gasteiger partial charge < -0.3 is 18.8 Å². The van der Waals surface area contributed by atoms with Crippen molar-refractivity contribution in [1.29, 1.82) is 0 Å². The van der Waals surface area contributed by atoms with Crippen molar-refractivity contribution >= 4 is 28.7 Å². The number of aryl methyl sites for hydroxylation is 1. The van der Waals surface area contributed by atoms with E-state index in [2.05, 4.69) is 0 Å². The van der Waals surface area contributed by atoms with Gasteiger partial charge in [0.1, 0.15) is 11.5 Å². The van der Waals surface area contributed by atoms with Crippen LogP contribution in [-0.2, 0) is 16.6 Å². The molecule has 3 aromatic rings. The first kappa shape index (κ1) is 18.8. The summed E-state index contributed by atoms with van der Waals surface area (Å²) in [5, 5.41) is 1.04. The first-order valence-corrected chi connectivity index (χ1v) is 9.37. The van der Waals surface area contributed by atoms with Crippen LogP contribution in [0.1, 0.15) is 29.8 Å². The van der Waals surface area contributed by atoms with Crippen LogP contribution in [0.2, 0.25) is 0 Å². The normalized spacial score (nSPS) is 14.3. The maximum absolute atomic E-state index is 12.7. The number of esters is 1. The van der Waals surface area contributed by atoms with E-state index in [0.29, 0.717) is 17.1 Å². The highest BCUT2D eigenvalue weighted by molar-refractivity contribution is 6.15. The molecule has 4 rings (SSSR count). The summed E-state index contributed by atoms with van der Waals surface area (Å²) in [5.41, 5.74) is 2.45. The molecule has 6 heteroatoms. The second-order valence-electron chi connectivity index (χ2n) is 7.14. The zero-order valence-corrected chi connectivity index (χ0v) is 16.5. The van der Waals surface area contributed by atoms with Gasteiger partial charge in [0.25, 0.3) is 0 Å². The van der Waals surface area contributed by atoms with E-state index < -0.39 is 5.97 Å². The van der Waals surface area contributed by atoms with E-state index in [1.165, 1.54) is 0 Å². The minimum atomic E-state index is -0.450. The molecule has 0 bridgehead atoms. The van der Waals surface area contributed by atoms with Crippen molar-refractivity contribution in [1.82, 2.24) is 4.57 Å². The molecule has 0 amide bonds. The van der Waals surface area contributed by atoms with Crippen LogP contribution in [0, 0.1) is 0 Å². The Kier molecular flexibility index (Phi) is 4.84. The van der Waals surface area contributed by atoms with E-state index in [0.717, 1.165) is 16.5 Å². The first-order valence-electron chi connectivity index (χ1n) is 9.37. The quantitative estimate of drug-likeness (QED) is 0.483. The second kappa shape index (κ2) is 7.47. The van der Waals surface area contributed by atoms with Gasteiger partial charge in [-0.15, -0.1) is 0 Å². The molecule has 1 aliphatic rings. The third-order valence-corrected chi connectivity index (χ3v) is 4.58. The average Bonchev–Trinajstić information content (AvgIpc) is 3.17. The van der Waals surface area contributed by atoms with Crippen LogP contribution in [0.4, 0.5) is 0 Å². The lowest BCUT2D eigenvalue weighted by Crippen LogP contribution is -2.18. The van der Waals surface area contributed by atoms with Crippen LogP contribution in [0.5, 0.6) is 11.5 Å². The van der Waals surface area contributed by atoms with Crippen molar-refractivity contribution in [2.24, 2.45) is 7.05 Å². The smallest absolute Gasteiger partial charge is 0.344 e. The molecule has 2 heterocycles. The molecule has 2 aromatic carbocycles. The summed E-state index contributed by atoms with van der Waals surface area (Å²) in [7, 11) is 1.96. The highest BCUT2D eigenvalue weighted by Gasteiger charge is 2.28. The van der Waals surface area contributed by atoms with Gasteiger partial charge in [-0.1, -0.05) is 18.2 Å². The number of rotatable bonds is 5. The molecule has 0 fully saturated rings. The standard InChI is InChI=1S/C23H21NO5/c1-14(2)28-22(25)13-27-16-8-9-18-20(11-16)29-21(23(18)26)10-15-12-24(3)19-7-5-4-6-17(15)19/h4-12,14H,13H2,1-3H3/b21-10-. The van der Waals surface area contributed by atoms with Crippen molar-refractivity contribution in [3.63, 3.8) is 0 Å². The summed E-state index contributed by atoms with van der Waals surface area (Å²) in [5.74, 6) is 0.473. The van der Waals surface area contributed by atoms with Crippen LogP contribution >= 0.6 is 0 Å². The molecule has 0 unspecified atom stereocenters. The lowest BCUT2D eigenvalue weighted by atomic mass is 10.1. The van der Waals surface area contributed by atoms with Crippen LogP contribution in [-0.4, -0.2) is 29.0 Å². The Morgan fingerprint density at radius 1 is 1.21 bits per heavy atom. The van der Waals surface area contributed by atoms with Crippen molar-refractivity contribution in [2.45, 2.75) is 20.0 Å². The summed E-state index contributed by atoms with van der Waals surface area (Å²) in [6.07, 6.45) is 3.52. The van der Waals surface area contributed by atoms with E-state index in [1.807, 2.05) is 42.1 Å². The Morgan fingerprint density at radius 2 is 2.00 bits per heavy atom. The monoisotopic (exact) mass is 391 g/mol. The largest absolute Gasteiger partial charge is 0.482 e. The maximum atomic E-state index is 12.7. The summed E-state index contributed by atoms with van der Waals surface area (Å²) < 4.78 is 18.3. The Morgan fingerprint density at radius 3 is 2.79 bits per heavy atom. The number of aromatic nitrogens is 1. The number of ketones is 1. The molecule has 1 aromatic heterocycles. The zero-order chi connectivity index (χ0) is 20.5. The molecule has 0 atom stereocenters. The predicted molar refractivity (Wildman–Crippen MR) is 109 cm³/mol. The molecule has 0 N–H and O–H groups in total. The van der Waals surface area contributed by atoms with Crippen molar-refractivity contribution < 1.29 is 23.8 Å². The number of fused-ring (bicyclic) bond motifs is 2. The minimum absolute atomic E-state index is 0.182. The second-order valence-corrected chi connectivity index (χ2v) is 7.14. The Bertz CT molecular complexity index is 1140. The van der Waals surface area contributed by atoms with Crippen molar-refractivity contribution in [3.8, 4) is 11.5 Å². The van der Waals surface area contributed by atoms with Crippen LogP contribution < -0.4 is 9.47 Å². The third-order valence-electron chi connectivity index (χ3n) is 4.58. The van der Waals surface area contributed by atoms with E-state index in [4.69, 9.17) is 14.2 Å². The fraction of sp³-hybridized carbons (Fsp3) is 0.217. The molecule has 0 spiro atoms. The lowest BCUT2D eigenvalue weighted by molar-refractivity contribution is -0.149. The Hall–Kier alpha value is -3.54. The summed E-state index contributed by atoms with van der Waals surface area (Å²) >= 11 is 0. The number of hydrogen-bond acceptors (Lipinski definition) is 5.